The molecule has 0 bridgehead atoms. The van der Waals surface area contributed by atoms with Crippen LogP contribution in [0.25, 0.3) is 21.7 Å². The number of rotatable bonds is 0. The number of nitrogens with zero attached hydrogens (tertiary/aromatic N) is 1. The van der Waals surface area contributed by atoms with Gasteiger partial charge in [0.2, 0.25) is 0 Å². The molecule has 0 saturated heterocycles. The second-order valence-electron chi connectivity index (χ2n) is 3.61. The lowest BCUT2D eigenvalue weighted by Gasteiger charge is -2.05. The van der Waals surface area contributed by atoms with Crippen LogP contribution in [0.15, 0.2) is 51.5 Å². The molecular weight excluding hydrogens is 330 g/mol. The molecule has 2 aromatic carbocycles. The van der Waals surface area contributed by atoms with E-state index in [1.54, 1.807) is 0 Å². The summed E-state index contributed by atoms with van der Waals surface area (Å²) in [5, 5.41) is 3.52. The molecule has 0 amide bonds. The maximum atomic E-state index is 4.54. The van der Waals surface area contributed by atoms with Gasteiger partial charge in [0.15, 0.2) is 0 Å². The molecule has 3 heteroatoms. The van der Waals surface area contributed by atoms with E-state index in [2.05, 4.69) is 61.1 Å². The van der Waals surface area contributed by atoms with Gasteiger partial charge in [0, 0.05) is 15.2 Å². The van der Waals surface area contributed by atoms with Gasteiger partial charge in [-0.3, -0.25) is 0 Å². The summed E-state index contributed by atoms with van der Waals surface area (Å²) in [6.07, 6.45) is 0. The fraction of sp³-hybridized carbons (Fsp3) is 0. The lowest BCUT2D eigenvalue weighted by Crippen LogP contribution is -1.83. The topological polar surface area (TPSA) is 12.9 Å². The molecule has 1 nitrogen and oxygen atoms in total. The Hall–Kier alpha value is -0.930. The van der Waals surface area contributed by atoms with E-state index >= 15 is 0 Å². The van der Waals surface area contributed by atoms with E-state index in [1.807, 2.05) is 18.2 Å². The average molecular weight is 337 g/mol. The van der Waals surface area contributed by atoms with Gasteiger partial charge < -0.3 is 0 Å². The Kier molecular flexibility index (Phi) is 2.45. The van der Waals surface area contributed by atoms with Gasteiger partial charge >= 0.3 is 0 Å². The molecule has 0 saturated carbocycles. The van der Waals surface area contributed by atoms with Crippen molar-refractivity contribution in [2.45, 2.75) is 0 Å². The fourth-order valence-electron chi connectivity index (χ4n) is 1.89. The number of halogens is 2. The van der Waals surface area contributed by atoms with Gasteiger partial charge in [-0.1, -0.05) is 46.3 Å². The highest BCUT2D eigenvalue weighted by Crippen LogP contribution is 2.31. The second kappa shape index (κ2) is 3.82. The van der Waals surface area contributed by atoms with Crippen LogP contribution in [0.3, 0.4) is 0 Å². The first-order chi connectivity index (χ1) is 7.75. The summed E-state index contributed by atoms with van der Waals surface area (Å²) >= 11 is 7.01. The SMILES string of the molecule is Brc1ccc2cc(Br)c3ccccc3c2n1. The molecule has 0 spiro atoms. The van der Waals surface area contributed by atoms with Crippen molar-refractivity contribution in [2.24, 2.45) is 0 Å². The van der Waals surface area contributed by atoms with Gasteiger partial charge in [-0.2, -0.15) is 0 Å². The third-order valence-corrected chi connectivity index (χ3v) is 3.71. The van der Waals surface area contributed by atoms with Crippen LogP contribution >= 0.6 is 31.9 Å². The number of fused-ring (bicyclic) bond motifs is 3. The smallest absolute Gasteiger partial charge is 0.106 e. The van der Waals surface area contributed by atoms with Crippen molar-refractivity contribution >= 4 is 53.5 Å². The van der Waals surface area contributed by atoms with Crippen molar-refractivity contribution in [2.75, 3.05) is 0 Å². The number of benzene rings is 2. The van der Waals surface area contributed by atoms with Crippen LogP contribution in [0.5, 0.6) is 0 Å². The van der Waals surface area contributed by atoms with Crippen molar-refractivity contribution in [1.29, 1.82) is 0 Å². The van der Waals surface area contributed by atoms with Crippen LogP contribution < -0.4 is 0 Å². The normalized spacial score (nSPS) is 11.1. The number of pyridine rings is 1. The Bertz CT molecular complexity index is 692. The highest BCUT2D eigenvalue weighted by atomic mass is 79.9. The minimum atomic E-state index is 0.868. The Morgan fingerprint density at radius 2 is 1.62 bits per heavy atom. The summed E-state index contributed by atoms with van der Waals surface area (Å²) in [4.78, 5) is 4.54. The molecule has 1 aromatic heterocycles. The maximum Gasteiger partial charge on any atom is 0.106 e. The molecule has 16 heavy (non-hydrogen) atoms. The molecule has 0 atom stereocenters. The summed E-state index contributed by atoms with van der Waals surface area (Å²) in [5.41, 5.74) is 1.04. The quantitative estimate of drug-likeness (QED) is 0.419. The Morgan fingerprint density at radius 3 is 2.44 bits per heavy atom. The lowest BCUT2D eigenvalue weighted by atomic mass is 10.1. The van der Waals surface area contributed by atoms with Crippen molar-refractivity contribution in [3.05, 3.63) is 51.5 Å². The molecule has 0 radical (unpaired) electrons. The van der Waals surface area contributed by atoms with Crippen LogP contribution in [0, 0.1) is 0 Å². The zero-order valence-corrected chi connectivity index (χ0v) is 11.4. The zero-order valence-electron chi connectivity index (χ0n) is 8.24. The van der Waals surface area contributed by atoms with Crippen molar-refractivity contribution in [3.63, 3.8) is 0 Å². The summed E-state index contributed by atoms with van der Waals surface area (Å²) in [7, 11) is 0. The van der Waals surface area contributed by atoms with Gasteiger partial charge in [-0.25, -0.2) is 4.98 Å². The van der Waals surface area contributed by atoms with Crippen LogP contribution in [0.1, 0.15) is 0 Å². The molecule has 0 aliphatic carbocycles. The Balaban J connectivity index is 2.61. The van der Waals surface area contributed by atoms with Crippen molar-refractivity contribution < 1.29 is 0 Å². The van der Waals surface area contributed by atoms with Crippen molar-refractivity contribution in [1.82, 2.24) is 4.98 Å². The van der Waals surface area contributed by atoms with E-state index in [1.165, 1.54) is 10.8 Å². The van der Waals surface area contributed by atoms with E-state index in [4.69, 9.17) is 0 Å². The van der Waals surface area contributed by atoms with Crippen LogP contribution in [0.2, 0.25) is 0 Å². The first-order valence-electron chi connectivity index (χ1n) is 4.89. The van der Waals surface area contributed by atoms with Crippen LogP contribution in [-0.2, 0) is 0 Å². The minimum absolute atomic E-state index is 0.868. The Morgan fingerprint density at radius 1 is 0.875 bits per heavy atom. The lowest BCUT2D eigenvalue weighted by molar-refractivity contribution is 1.36. The van der Waals surface area contributed by atoms with Gasteiger partial charge in [0.25, 0.3) is 0 Å². The van der Waals surface area contributed by atoms with E-state index in [0.717, 1.165) is 20.0 Å². The standard InChI is InChI=1S/C13H7Br2N/c14-11-7-8-5-6-12(15)16-13(8)10-4-2-1-3-9(10)11/h1-7H. The monoisotopic (exact) mass is 335 g/mol. The van der Waals surface area contributed by atoms with E-state index in [0.29, 0.717) is 0 Å². The Labute approximate surface area is 110 Å². The zero-order chi connectivity index (χ0) is 11.1. The van der Waals surface area contributed by atoms with Gasteiger partial charge in [0.1, 0.15) is 4.60 Å². The molecular formula is C13H7Br2N. The molecule has 0 aliphatic rings. The predicted molar refractivity (Wildman–Crippen MR) is 74.6 cm³/mol. The molecule has 0 N–H and O–H groups in total. The van der Waals surface area contributed by atoms with Crippen LogP contribution in [-0.4, -0.2) is 4.98 Å². The second-order valence-corrected chi connectivity index (χ2v) is 5.28. The molecule has 0 unspecified atom stereocenters. The predicted octanol–water partition coefficient (Wildman–Crippen LogP) is 4.91. The molecule has 78 valence electrons. The third-order valence-electron chi connectivity index (χ3n) is 2.61. The highest BCUT2D eigenvalue weighted by molar-refractivity contribution is 9.10. The largest absolute Gasteiger partial charge is 0.240 e. The molecule has 0 aliphatic heterocycles. The highest BCUT2D eigenvalue weighted by Gasteiger charge is 2.05. The summed E-state index contributed by atoms with van der Waals surface area (Å²) in [6.45, 7) is 0. The van der Waals surface area contributed by atoms with Crippen LogP contribution in [0.4, 0.5) is 0 Å². The minimum Gasteiger partial charge on any atom is -0.240 e. The summed E-state index contributed by atoms with van der Waals surface area (Å²) < 4.78 is 1.98. The van der Waals surface area contributed by atoms with E-state index < -0.39 is 0 Å². The summed E-state index contributed by atoms with van der Waals surface area (Å²) in [6, 6.07) is 14.4. The molecule has 3 rings (SSSR count). The first-order valence-corrected chi connectivity index (χ1v) is 6.48. The van der Waals surface area contributed by atoms with Gasteiger partial charge in [0.05, 0.1) is 5.52 Å². The number of hydrogen-bond donors (Lipinski definition) is 0. The number of hydrogen-bond acceptors (Lipinski definition) is 1. The average Bonchev–Trinajstić information content (AvgIpc) is 2.31. The third kappa shape index (κ3) is 1.55. The van der Waals surface area contributed by atoms with Gasteiger partial charge in [-0.15, -0.1) is 0 Å². The fourth-order valence-corrected chi connectivity index (χ4v) is 2.79. The van der Waals surface area contributed by atoms with Gasteiger partial charge in [-0.05, 0) is 33.4 Å². The molecule has 3 aromatic rings. The first kappa shape index (κ1) is 10.2. The van der Waals surface area contributed by atoms with Crippen molar-refractivity contribution in [3.8, 4) is 0 Å². The molecule has 1 heterocycles. The van der Waals surface area contributed by atoms with E-state index in [-0.39, 0.29) is 0 Å². The maximum absolute atomic E-state index is 4.54. The van der Waals surface area contributed by atoms with E-state index in [9.17, 15) is 0 Å². The number of aromatic nitrogens is 1. The molecule has 0 fully saturated rings. The summed E-state index contributed by atoms with van der Waals surface area (Å²) in [5.74, 6) is 0.